The average Bonchev–Trinajstić information content (AvgIpc) is 3.35. The summed E-state index contributed by atoms with van der Waals surface area (Å²) in [5.74, 6) is -0.915. The number of carbonyl (C=O) groups excluding carboxylic acids is 2. The molecule has 0 atom stereocenters. The number of esters is 1. The predicted molar refractivity (Wildman–Crippen MR) is 116 cm³/mol. The second kappa shape index (κ2) is 8.22. The maximum atomic E-state index is 12.2. The van der Waals surface area contributed by atoms with Crippen molar-refractivity contribution in [2.75, 3.05) is 11.9 Å². The van der Waals surface area contributed by atoms with Gasteiger partial charge in [0, 0.05) is 10.2 Å². The zero-order valence-electron chi connectivity index (χ0n) is 14.3. The molecule has 4 rings (SSSR count). The van der Waals surface area contributed by atoms with Crippen molar-refractivity contribution >= 4 is 66.4 Å². The number of para-hydroxylation sites is 1. The van der Waals surface area contributed by atoms with Crippen molar-refractivity contribution in [1.29, 1.82) is 0 Å². The highest BCUT2D eigenvalue weighted by Crippen LogP contribution is 2.34. The van der Waals surface area contributed by atoms with Crippen LogP contribution in [0.3, 0.4) is 0 Å². The summed E-state index contributed by atoms with van der Waals surface area (Å²) >= 11 is 6.21. The number of ether oxygens (including phenoxy) is 1. The molecular formula is C20H13BrN2O3S2. The van der Waals surface area contributed by atoms with E-state index in [1.165, 1.54) is 11.3 Å². The van der Waals surface area contributed by atoms with Crippen molar-refractivity contribution in [3.05, 3.63) is 70.0 Å². The summed E-state index contributed by atoms with van der Waals surface area (Å²) in [6.07, 6.45) is 0. The SMILES string of the molecule is O=C(COC(=O)c1ccc(-c2nc3ccccc3s2)s1)Nc1ccc(Br)cc1. The van der Waals surface area contributed by atoms with Crippen molar-refractivity contribution in [1.82, 2.24) is 4.98 Å². The van der Waals surface area contributed by atoms with Gasteiger partial charge < -0.3 is 10.1 Å². The maximum absolute atomic E-state index is 12.2. The predicted octanol–water partition coefficient (Wildman–Crippen LogP) is 5.58. The molecule has 0 saturated carbocycles. The Morgan fingerprint density at radius 2 is 1.79 bits per heavy atom. The normalized spacial score (nSPS) is 10.8. The van der Waals surface area contributed by atoms with Gasteiger partial charge in [0.2, 0.25) is 0 Å². The van der Waals surface area contributed by atoms with Crippen LogP contribution < -0.4 is 5.32 Å². The Morgan fingerprint density at radius 3 is 2.57 bits per heavy atom. The first-order valence-electron chi connectivity index (χ1n) is 8.27. The fourth-order valence-corrected chi connectivity index (χ4v) is 4.66. The van der Waals surface area contributed by atoms with Crippen LogP contribution in [0.5, 0.6) is 0 Å². The topological polar surface area (TPSA) is 68.3 Å². The molecule has 28 heavy (non-hydrogen) atoms. The molecule has 0 aliphatic rings. The van der Waals surface area contributed by atoms with Crippen LogP contribution in [0.4, 0.5) is 5.69 Å². The third kappa shape index (κ3) is 4.30. The monoisotopic (exact) mass is 472 g/mol. The van der Waals surface area contributed by atoms with E-state index in [-0.39, 0.29) is 6.61 Å². The standard InChI is InChI=1S/C20H13BrN2O3S2/c21-12-5-7-13(8-6-12)22-18(24)11-26-20(25)17-10-9-16(27-17)19-23-14-3-1-2-4-15(14)28-19/h1-10H,11H2,(H,22,24). The van der Waals surface area contributed by atoms with Gasteiger partial charge in [-0.2, -0.15) is 0 Å². The number of hydrogen-bond donors (Lipinski definition) is 1. The van der Waals surface area contributed by atoms with Gasteiger partial charge in [0.1, 0.15) is 9.88 Å². The summed E-state index contributed by atoms with van der Waals surface area (Å²) in [6.45, 7) is -0.344. The maximum Gasteiger partial charge on any atom is 0.348 e. The van der Waals surface area contributed by atoms with E-state index in [1.807, 2.05) is 42.5 Å². The quantitative estimate of drug-likeness (QED) is 0.384. The van der Waals surface area contributed by atoms with Gasteiger partial charge in [0.25, 0.3) is 5.91 Å². The number of rotatable bonds is 5. The smallest absolute Gasteiger partial charge is 0.348 e. The lowest BCUT2D eigenvalue weighted by molar-refractivity contribution is -0.119. The Balaban J connectivity index is 1.37. The van der Waals surface area contributed by atoms with Crippen LogP contribution in [-0.2, 0) is 9.53 Å². The Morgan fingerprint density at radius 1 is 1.00 bits per heavy atom. The lowest BCUT2D eigenvalue weighted by Crippen LogP contribution is -2.20. The van der Waals surface area contributed by atoms with Crippen LogP contribution in [0.15, 0.2) is 65.1 Å². The second-order valence-electron chi connectivity index (χ2n) is 5.78. The number of carbonyl (C=O) groups is 2. The van der Waals surface area contributed by atoms with Gasteiger partial charge in [-0.1, -0.05) is 28.1 Å². The highest BCUT2D eigenvalue weighted by molar-refractivity contribution is 9.10. The zero-order chi connectivity index (χ0) is 19.5. The lowest BCUT2D eigenvalue weighted by atomic mass is 10.3. The molecule has 1 N–H and O–H groups in total. The van der Waals surface area contributed by atoms with Crippen molar-refractivity contribution in [2.45, 2.75) is 0 Å². The number of anilines is 1. The number of amides is 1. The Hall–Kier alpha value is -2.55. The highest BCUT2D eigenvalue weighted by Gasteiger charge is 2.15. The van der Waals surface area contributed by atoms with Crippen molar-refractivity contribution in [2.24, 2.45) is 0 Å². The molecule has 0 aliphatic carbocycles. The molecule has 8 heteroatoms. The lowest BCUT2D eigenvalue weighted by Gasteiger charge is -2.06. The van der Waals surface area contributed by atoms with Crippen molar-refractivity contribution in [3.8, 4) is 9.88 Å². The second-order valence-corrected chi connectivity index (χ2v) is 8.81. The molecule has 140 valence electrons. The Kier molecular flexibility index (Phi) is 5.52. The minimum Gasteiger partial charge on any atom is -0.451 e. The zero-order valence-corrected chi connectivity index (χ0v) is 17.6. The molecule has 0 aliphatic heterocycles. The number of hydrogen-bond acceptors (Lipinski definition) is 6. The number of thiazole rings is 1. The van der Waals surface area contributed by atoms with Gasteiger partial charge in [0.15, 0.2) is 6.61 Å². The number of halogens is 1. The van der Waals surface area contributed by atoms with E-state index < -0.39 is 11.9 Å². The number of fused-ring (bicyclic) bond motifs is 1. The van der Waals surface area contributed by atoms with E-state index in [0.29, 0.717) is 10.6 Å². The molecule has 0 radical (unpaired) electrons. The molecule has 0 spiro atoms. The largest absolute Gasteiger partial charge is 0.451 e. The molecule has 0 unspecified atom stereocenters. The number of benzene rings is 2. The Labute approximate surface area is 177 Å². The summed E-state index contributed by atoms with van der Waals surface area (Å²) in [6, 6.07) is 18.6. The van der Waals surface area contributed by atoms with Crippen LogP contribution in [0.25, 0.3) is 20.1 Å². The average molecular weight is 473 g/mol. The summed E-state index contributed by atoms with van der Waals surface area (Å²) in [4.78, 5) is 30.1. The summed E-state index contributed by atoms with van der Waals surface area (Å²) < 4.78 is 7.14. The third-order valence-corrected chi connectivity index (χ3v) is 6.57. The molecule has 2 aromatic heterocycles. The fraction of sp³-hybridized carbons (Fsp3) is 0.0500. The van der Waals surface area contributed by atoms with Gasteiger partial charge in [0.05, 0.1) is 15.1 Å². The minimum absolute atomic E-state index is 0.344. The van der Waals surface area contributed by atoms with Gasteiger partial charge in [-0.25, -0.2) is 9.78 Å². The molecule has 4 aromatic rings. The van der Waals surface area contributed by atoms with Crippen LogP contribution in [0.2, 0.25) is 0 Å². The van der Waals surface area contributed by atoms with E-state index in [4.69, 9.17) is 4.74 Å². The number of nitrogens with one attached hydrogen (secondary N) is 1. The molecule has 0 bridgehead atoms. The first-order valence-corrected chi connectivity index (χ1v) is 10.7. The minimum atomic E-state index is -0.525. The Bertz CT molecular complexity index is 1120. The molecule has 5 nitrogen and oxygen atoms in total. The third-order valence-electron chi connectivity index (χ3n) is 3.77. The van der Waals surface area contributed by atoms with Crippen LogP contribution in [0, 0.1) is 0 Å². The van der Waals surface area contributed by atoms with Crippen molar-refractivity contribution < 1.29 is 14.3 Å². The van der Waals surface area contributed by atoms with E-state index in [2.05, 4.69) is 26.2 Å². The molecule has 2 heterocycles. The van der Waals surface area contributed by atoms with Crippen LogP contribution >= 0.6 is 38.6 Å². The van der Waals surface area contributed by atoms with Crippen LogP contribution in [0.1, 0.15) is 9.67 Å². The van der Waals surface area contributed by atoms with Gasteiger partial charge >= 0.3 is 5.97 Å². The van der Waals surface area contributed by atoms with E-state index in [0.717, 1.165) is 24.6 Å². The number of thiophene rings is 1. The van der Waals surface area contributed by atoms with Gasteiger partial charge in [-0.15, -0.1) is 22.7 Å². The van der Waals surface area contributed by atoms with Crippen LogP contribution in [-0.4, -0.2) is 23.5 Å². The van der Waals surface area contributed by atoms with E-state index in [9.17, 15) is 9.59 Å². The van der Waals surface area contributed by atoms with Crippen molar-refractivity contribution in [3.63, 3.8) is 0 Å². The first-order chi connectivity index (χ1) is 13.6. The first kappa shape index (κ1) is 18.8. The van der Waals surface area contributed by atoms with E-state index >= 15 is 0 Å². The fourth-order valence-electron chi connectivity index (χ4n) is 2.47. The summed E-state index contributed by atoms with van der Waals surface area (Å²) in [5, 5.41) is 3.54. The summed E-state index contributed by atoms with van der Waals surface area (Å²) in [5.41, 5.74) is 1.57. The summed E-state index contributed by atoms with van der Waals surface area (Å²) in [7, 11) is 0. The molecule has 1 amide bonds. The van der Waals surface area contributed by atoms with Gasteiger partial charge in [-0.05, 0) is 48.5 Å². The number of aromatic nitrogens is 1. The molecule has 0 saturated heterocycles. The molecule has 0 fully saturated rings. The molecule has 2 aromatic carbocycles. The highest BCUT2D eigenvalue weighted by atomic mass is 79.9. The van der Waals surface area contributed by atoms with Gasteiger partial charge in [-0.3, -0.25) is 4.79 Å². The number of nitrogens with zero attached hydrogens (tertiary/aromatic N) is 1. The molecular weight excluding hydrogens is 460 g/mol. The van der Waals surface area contributed by atoms with E-state index in [1.54, 1.807) is 29.5 Å².